The van der Waals surface area contributed by atoms with Crippen LogP contribution in [0.3, 0.4) is 0 Å². The molecule has 0 saturated heterocycles. The Labute approximate surface area is 263 Å². The molecule has 2 heteroatoms. The smallest absolute Gasteiger partial charge is 0.169 e. The lowest BCUT2D eigenvalue weighted by Gasteiger charge is -2.04. The van der Waals surface area contributed by atoms with Gasteiger partial charge in [0.25, 0.3) is 0 Å². The summed E-state index contributed by atoms with van der Waals surface area (Å²) in [4.78, 5) is 0. The minimum Gasteiger partial charge on any atom is -0.205 e. The molecule has 2 aromatic heterocycles. The van der Waals surface area contributed by atoms with Crippen LogP contribution in [0.1, 0.15) is 107 Å². The Balaban J connectivity index is 0.00000506. The van der Waals surface area contributed by atoms with Gasteiger partial charge in [-0.15, -0.1) is 0 Å². The van der Waals surface area contributed by atoms with Crippen molar-refractivity contribution >= 4 is 0 Å². The van der Waals surface area contributed by atoms with Crippen molar-refractivity contribution in [3.63, 3.8) is 0 Å². The summed E-state index contributed by atoms with van der Waals surface area (Å²) in [7, 11) is 0. The molecule has 0 aliphatic carbocycles. The second kappa shape index (κ2) is 21.4. The maximum atomic E-state index is 2.36. The third-order valence-corrected chi connectivity index (χ3v) is 8.55. The van der Waals surface area contributed by atoms with Gasteiger partial charge in [-0.05, 0) is 73.6 Å². The number of unbranched alkanes of at least 4 members (excludes halogenated alkanes) is 9. The first-order valence-electron chi connectivity index (χ1n) is 16.9. The van der Waals surface area contributed by atoms with Crippen LogP contribution in [-0.2, 0) is 38.8 Å². The van der Waals surface area contributed by atoms with Crippen LogP contribution in [0.15, 0.2) is 110 Å². The molecule has 0 saturated carbocycles. The van der Waals surface area contributed by atoms with Crippen molar-refractivity contribution in [2.24, 2.45) is 0 Å². The lowest BCUT2D eigenvalue weighted by molar-refractivity contribution is -0.697. The molecule has 0 N–H and O–H groups in total. The Hall–Kier alpha value is -3.26. The van der Waals surface area contributed by atoms with Gasteiger partial charge >= 0.3 is 0 Å². The summed E-state index contributed by atoms with van der Waals surface area (Å²) in [5.41, 5.74) is 5.81. The molecule has 43 heavy (non-hydrogen) atoms. The first kappa shape index (κ1) is 34.2. The normalized spacial score (nSPS) is 10.9. The van der Waals surface area contributed by atoms with Gasteiger partial charge in [-0.2, -0.15) is 0 Å². The molecule has 4 rings (SSSR count). The van der Waals surface area contributed by atoms with E-state index in [-0.39, 0.29) is 7.43 Å². The van der Waals surface area contributed by atoms with Crippen LogP contribution in [0.5, 0.6) is 0 Å². The van der Waals surface area contributed by atoms with E-state index in [1.54, 1.807) is 0 Å². The number of benzene rings is 2. The predicted molar refractivity (Wildman–Crippen MR) is 183 cm³/mol. The zero-order chi connectivity index (χ0) is 28.9. The molecule has 0 atom stereocenters. The summed E-state index contributed by atoms with van der Waals surface area (Å²) in [6.07, 6.45) is 29.9. The van der Waals surface area contributed by atoms with Crippen LogP contribution in [0.2, 0.25) is 0 Å². The highest BCUT2D eigenvalue weighted by atomic mass is 14.9. The summed E-state index contributed by atoms with van der Waals surface area (Å²) in [6.45, 7) is 2.30. The SMILES string of the molecule is C.c1ccc(CCCc2cc[n+](CCCCCCCCCCCC[n+]3ccc(CCCc4ccccc4)cc3)cc2)cc1. The molecular weight excluding hydrogens is 520 g/mol. The van der Waals surface area contributed by atoms with E-state index in [0.29, 0.717) is 0 Å². The monoisotopic (exact) mass is 578 g/mol. The van der Waals surface area contributed by atoms with Gasteiger partial charge in [0.1, 0.15) is 13.1 Å². The highest BCUT2D eigenvalue weighted by Crippen LogP contribution is 2.12. The fourth-order valence-corrected chi connectivity index (χ4v) is 5.89. The van der Waals surface area contributed by atoms with Crippen molar-refractivity contribution < 1.29 is 9.13 Å². The van der Waals surface area contributed by atoms with Crippen LogP contribution < -0.4 is 9.13 Å². The van der Waals surface area contributed by atoms with Crippen molar-refractivity contribution in [2.45, 2.75) is 123 Å². The average Bonchev–Trinajstić information content (AvgIpc) is 3.04. The van der Waals surface area contributed by atoms with Crippen molar-refractivity contribution in [3.8, 4) is 0 Å². The second-order valence-corrected chi connectivity index (χ2v) is 12.1. The lowest BCUT2D eigenvalue weighted by Crippen LogP contribution is -2.32. The van der Waals surface area contributed by atoms with Crippen LogP contribution >= 0.6 is 0 Å². The van der Waals surface area contributed by atoms with Gasteiger partial charge in [0.2, 0.25) is 0 Å². The van der Waals surface area contributed by atoms with Crippen molar-refractivity contribution in [3.05, 3.63) is 132 Å². The summed E-state index contributed by atoms with van der Waals surface area (Å²) in [6, 6.07) is 30.9. The van der Waals surface area contributed by atoms with E-state index in [1.165, 1.54) is 125 Å². The molecule has 2 nitrogen and oxygen atoms in total. The molecule has 0 unspecified atom stereocenters. The quantitative estimate of drug-likeness (QED) is 0.0687. The zero-order valence-electron chi connectivity index (χ0n) is 26.0. The van der Waals surface area contributed by atoms with Crippen LogP contribution in [0.4, 0.5) is 0 Å². The zero-order valence-corrected chi connectivity index (χ0v) is 26.0. The summed E-state index contributed by atoms with van der Waals surface area (Å²) in [5, 5.41) is 0. The Morgan fingerprint density at radius 2 is 0.581 bits per heavy atom. The van der Waals surface area contributed by atoms with Crippen molar-refractivity contribution in [1.29, 1.82) is 0 Å². The number of pyridine rings is 2. The summed E-state index contributed by atoms with van der Waals surface area (Å²) < 4.78 is 4.72. The molecule has 230 valence electrons. The second-order valence-electron chi connectivity index (χ2n) is 12.1. The van der Waals surface area contributed by atoms with Crippen molar-refractivity contribution in [1.82, 2.24) is 0 Å². The van der Waals surface area contributed by atoms with Gasteiger partial charge in [0.15, 0.2) is 24.8 Å². The fraction of sp³-hybridized carbons (Fsp3) is 0.463. The van der Waals surface area contributed by atoms with Gasteiger partial charge in [-0.25, -0.2) is 9.13 Å². The van der Waals surface area contributed by atoms with Crippen LogP contribution in [0, 0.1) is 0 Å². The first-order valence-corrected chi connectivity index (χ1v) is 16.9. The van der Waals surface area contributed by atoms with Gasteiger partial charge in [0.05, 0.1) is 0 Å². The predicted octanol–water partition coefficient (Wildman–Crippen LogP) is 9.85. The Bertz CT molecular complexity index is 1100. The van der Waals surface area contributed by atoms with E-state index in [1.807, 2.05) is 0 Å². The molecule has 4 aromatic rings. The number of hydrogen-bond donors (Lipinski definition) is 0. The molecule has 0 amide bonds. The number of aromatic nitrogens is 2. The number of nitrogens with zero attached hydrogens (tertiary/aromatic N) is 2. The van der Waals surface area contributed by atoms with E-state index in [0.717, 1.165) is 13.1 Å². The summed E-state index contributed by atoms with van der Waals surface area (Å²) in [5.74, 6) is 0. The minimum atomic E-state index is 0. The number of rotatable bonds is 21. The molecule has 0 aliphatic rings. The maximum Gasteiger partial charge on any atom is 0.169 e. The van der Waals surface area contributed by atoms with Crippen LogP contribution in [0.25, 0.3) is 0 Å². The summed E-state index contributed by atoms with van der Waals surface area (Å²) >= 11 is 0. The van der Waals surface area contributed by atoms with E-state index >= 15 is 0 Å². The standard InChI is InChI=1S/C40H54N2.CH4/c1(3-5-7-15-31-41-33-27-39(28-34-41)25-17-23-37-19-11-9-12-20-37)2-4-6-8-16-32-42-35-29-40(30-36-42)26-18-24-38-21-13-10-14-22-38;/h9-14,19-22,27-30,33-36H,1-8,15-18,23-26,31-32H2;1H4/q+2;. The van der Waals surface area contributed by atoms with E-state index in [2.05, 4.69) is 119 Å². The van der Waals surface area contributed by atoms with Gasteiger partial charge in [0, 0.05) is 37.1 Å². The molecule has 0 radical (unpaired) electrons. The minimum absolute atomic E-state index is 0. The molecule has 2 aromatic carbocycles. The van der Waals surface area contributed by atoms with E-state index in [9.17, 15) is 0 Å². The highest BCUT2D eigenvalue weighted by molar-refractivity contribution is 5.16. The third-order valence-electron chi connectivity index (χ3n) is 8.55. The Morgan fingerprint density at radius 3 is 0.907 bits per heavy atom. The average molecular weight is 579 g/mol. The van der Waals surface area contributed by atoms with Crippen LogP contribution in [-0.4, -0.2) is 0 Å². The Kier molecular flexibility index (Phi) is 17.1. The lowest BCUT2D eigenvalue weighted by atomic mass is 10.0. The molecule has 0 bridgehead atoms. The highest BCUT2D eigenvalue weighted by Gasteiger charge is 2.04. The van der Waals surface area contributed by atoms with E-state index < -0.39 is 0 Å². The molecular formula is C41H58N2+2. The molecule has 0 aliphatic heterocycles. The fourth-order valence-electron chi connectivity index (χ4n) is 5.89. The topological polar surface area (TPSA) is 7.76 Å². The van der Waals surface area contributed by atoms with Gasteiger partial charge in [-0.1, -0.05) is 107 Å². The molecule has 2 heterocycles. The third kappa shape index (κ3) is 14.7. The van der Waals surface area contributed by atoms with E-state index in [4.69, 9.17) is 0 Å². The Morgan fingerprint density at radius 1 is 0.302 bits per heavy atom. The number of hydrogen-bond acceptors (Lipinski definition) is 0. The maximum absolute atomic E-state index is 2.36. The first-order chi connectivity index (χ1) is 20.8. The molecule has 0 fully saturated rings. The van der Waals surface area contributed by atoms with Gasteiger partial charge in [-0.3, -0.25) is 0 Å². The van der Waals surface area contributed by atoms with Gasteiger partial charge < -0.3 is 0 Å². The van der Waals surface area contributed by atoms with Crippen molar-refractivity contribution in [2.75, 3.05) is 0 Å². The largest absolute Gasteiger partial charge is 0.205 e. The number of aryl methyl sites for hydroxylation is 6. The molecule has 0 spiro atoms.